The summed E-state index contributed by atoms with van der Waals surface area (Å²) >= 11 is 0. The number of aromatic hydroxyl groups is 1. The molecule has 0 bridgehead atoms. The molecule has 1 heterocycles. The third-order valence-electron chi connectivity index (χ3n) is 2.63. The number of alkyl carbamates (subject to hydrolysis) is 1. The summed E-state index contributed by atoms with van der Waals surface area (Å²) in [7, 11) is 0. The van der Waals surface area contributed by atoms with Gasteiger partial charge in [-0.05, 0) is 52.8 Å². The van der Waals surface area contributed by atoms with Gasteiger partial charge in [0.2, 0.25) is 0 Å². The number of aromatic nitrogens is 1. The van der Waals surface area contributed by atoms with Gasteiger partial charge in [0.05, 0.1) is 11.9 Å². The van der Waals surface area contributed by atoms with Crippen LogP contribution < -0.4 is 10.6 Å². The second-order valence-electron chi connectivity index (χ2n) is 6.02. The second kappa shape index (κ2) is 7.83. The monoisotopic (exact) mass is 295 g/mol. The highest BCUT2D eigenvalue weighted by Gasteiger charge is 2.17. The van der Waals surface area contributed by atoms with Crippen LogP contribution in [0.5, 0.6) is 5.75 Å². The molecule has 6 heteroatoms. The Morgan fingerprint density at radius 1 is 1.43 bits per heavy atom. The van der Waals surface area contributed by atoms with Crippen LogP contribution in [0.15, 0.2) is 18.3 Å². The van der Waals surface area contributed by atoms with E-state index in [0.29, 0.717) is 6.54 Å². The molecule has 3 N–H and O–H groups in total. The molecular weight excluding hydrogens is 270 g/mol. The van der Waals surface area contributed by atoms with Crippen LogP contribution in [0.4, 0.5) is 4.79 Å². The standard InChI is InChI=1S/C15H25N3O3/c1-11(18-14(20)21-15(2,3)4)7-8-16-9-12-5-6-13(19)10-17-12/h5-6,10-11,16,19H,7-9H2,1-4H3,(H,18,20). The molecule has 1 aromatic rings. The van der Waals surface area contributed by atoms with Crippen LogP contribution in [0.1, 0.15) is 39.8 Å². The van der Waals surface area contributed by atoms with Gasteiger partial charge in [-0.25, -0.2) is 4.79 Å². The molecule has 1 atom stereocenters. The molecule has 0 radical (unpaired) electrons. The highest BCUT2D eigenvalue weighted by molar-refractivity contribution is 5.67. The van der Waals surface area contributed by atoms with E-state index in [1.807, 2.05) is 27.7 Å². The first-order chi connectivity index (χ1) is 9.76. The van der Waals surface area contributed by atoms with E-state index in [4.69, 9.17) is 9.84 Å². The van der Waals surface area contributed by atoms with Gasteiger partial charge in [0, 0.05) is 12.6 Å². The van der Waals surface area contributed by atoms with Crippen molar-refractivity contribution in [2.45, 2.75) is 52.3 Å². The van der Waals surface area contributed by atoms with Crippen LogP contribution in [0.3, 0.4) is 0 Å². The first-order valence-corrected chi connectivity index (χ1v) is 7.10. The predicted octanol–water partition coefficient (Wildman–Crippen LogP) is 2.18. The fraction of sp³-hybridized carbons (Fsp3) is 0.600. The summed E-state index contributed by atoms with van der Waals surface area (Å²) in [5.74, 6) is 0.161. The van der Waals surface area contributed by atoms with E-state index in [-0.39, 0.29) is 11.8 Å². The quantitative estimate of drug-likeness (QED) is 0.701. The molecule has 1 rings (SSSR count). The number of ether oxygens (including phenoxy) is 1. The molecule has 1 unspecified atom stereocenters. The van der Waals surface area contributed by atoms with Crippen molar-refractivity contribution >= 4 is 6.09 Å². The number of carbonyl (C=O) groups excluding carboxylic acids is 1. The van der Waals surface area contributed by atoms with E-state index in [2.05, 4.69) is 15.6 Å². The minimum atomic E-state index is -0.480. The lowest BCUT2D eigenvalue weighted by Crippen LogP contribution is -2.38. The number of carbonyl (C=O) groups is 1. The lowest BCUT2D eigenvalue weighted by atomic mass is 10.2. The molecule has 118 valence electrons. The summed E-state index contributed by atoms with van der Waals surface area (Å²) in [4.78, 5) is 15.6. The Morgan fingerprint density at radius 2 is 2.14 bits per heavy atom. The zero-order chi connectivity index (χ0) is 15.9. The normalized spacial score (nSPS) is 12.8. The number of nitrogens with zero attached hydrogens (tertiary/aromatic N) is 1. The molecule has 0 aliphatic carbocycles. The summed E-state index contributed by atoms with van der Waals surface area (Å²) in [6, 6.07) is 3.40. The highest BCUT2D eigenvalue weighted by Crippen LogP contribution is 2.07. The lowest BCUT2D eigenvalue weighted by molar-refractivity contribution is 0.0506. The Balaban J connectivity index is 2.17. The maximum absolute atomic E-state index is 11.6. The molecule has 0 spiro atoms. The average molecular weight is 295 g/mol. The fourth-order valence-corrected chi connectivity index (χ4v) is 1.64. The average Bonchev–Trinajstić information content (AvgIpc) is 2.34. The molecule has 0 aromatic carbocycles. The maximum Gasteiger partial charge on any atom is 0.407 e. The Bertz CT molecular complexity index is 440. The van der Waals surface area contributed by atoms with Crippen LogP contribution in [0.2, 0.25) is 0 Å². The largest absolute Gasteiger partial charge is 0.506 e. The van der Waals surface area contributed by atoms with Gasteiger partial charge < -0.3 is 20.5 Å². The maximum atomic E-state index is 11.6. The van der Waals surface area contributed by atoms with Crippen molar-refractivity contribution in [3.05, 3.63) is 24.0 Å². The SMILES string of the molecule is CC(CCNCc1ccc(O)cn1)NC(=O)OC(C)(C)C. The summed E-state index contributed by atoms with van der Waals surface area (Å²) in [6.07, 6.45) is 1.82. The van der Waals surface area contributed by atoms with E-state index in [1.165, 1.54) is 6.20 Å². The number of hydrogen-bond donors (Lipinski definition) is 3. The summed E-state index contributed by atoms with van der Waals surface area (Å²) < 4.78 is 5.19. The van der Waals surface area contributed by atoms with Crippen LogP contribution in [-0.4, -0.2) is 34.4 Å². The van der Waals surface area contributed by atoms with Crippen molar-refractivity contribution < 1.29 is 14.6 Å². The zero-order valence-corrected chi connectivity index (χ0v) is 13.1. The van der Waals surface area contributed by atoms with Crippen molar-refractivity contribution in [2.75, 3.05) is 6.54 Å². The Hall–Kier alpha value is -1.82. The van der Waals surface area contributed by atoms with Gasteiger partial charge >= 0.3 is 6.09 Å². The second-order valence-corrected chi connectivity index (χ2v) is 6.02. The molecule has 6 nitrogen and oxygen atoms in total. The number of nitrogens with one attached hydrogen (secondary N) is 2. The van der Waals surface area contributed by atoms with Crippen molar-refractivity contribution in [1.29, 1.82) is 0 Å². The molecule has 0 aliphatic rings. The summed E-state index contributed by atoms with van der Waals surface area (Å²) in [5, 5.41) is 15.2. The van der Waals surface area contributed by atoms with E-state index in [1.54, 1.807) is 12.1 Å². The van der Waals surface area contributed by atoms with E-state index < -0.39 is 11.7 Å². The topological polar surface area (TPSA) is 83.5 Å². The number of amides is 1. The van der Waals surface area contributed by atoms with Crippen molar-refractivity contribution in [1.82, 2.24) is 15.6 Å². The number of hydrogen-bond acceptors (Lipinski definition) is 5. The first-order valence-electron chi connectivity index (χ1n) is 7.10. The minimum Gasteiger partial charge on any atom is -0.506 e. The molecule has 0 saturated heterocycles. The minimum absolute atomic E-state index is 0.0279. The molecule has 1 aromatic heterocycles. The van der Waals surface area contributed by atoms with Crippen LogP contribution in [-0.2, 0) is 11.3 Å². The molecule has 0 aliphatic heterocycles. The van der Waals surface area contributed by atoms with E-state index >= 15 is 0 Å². The lowest BCUT2D eigenvalue weighted by Gasteiger charge is -2.22. The number of pyridine rings is 1. The molecule has 0 saturated carbocycles. The fourth-order valence-electron chi connectivity index (χ4n) is 1.64. The Labute approximate surface area is 125 Å². The van der Waals surface area contributed by atoms with Gasteiger partial charge in [0.1, 0.15) is 11.4 Å². The van der Waals surface area contributed by atoms with Gasteiger partial charge in [0.15, 0.2) is 0 Å². The zero-order valence-electron chi connectivity index (χ0n) is 13.1. The molecule has 0 fully saturated rings. The van der Waals surface area contributed by atoms with Crippen LogP contribution in [0, 0.1) is 0 Å². The molecule has 1 amide bonds. The van der Waals surface area contributed by atoms with Gasteiger partial charge in [-0.2, -0.15) is 0 Å². The third-order valence-corrected chi connectivity index (χ3v) is 2.63. The van der Waals surface area contributed by atoms with Crippen LogP contribution >= 0.6 is 0 Å². The van der Waals surface area contributed by atoms with Gasteiger partial charge in [-0.3, -0.25) is 4.98 Å². The Morgan fingerprint density at radius 3 is 2.71 bits per heavy atom. The smallest absolute Gasteiger partial charge is 0.407 e. The van der Waals surface area contributed by atoms with Gasteiger partial charge in [0.25, 0.3) is 0 Å². The summed E-state index contributed by atoms with van der Waals surface area (Å²) in [5.41, 5.74) is 0.382. The first kappa shape index (κ1) is 17.2. The Kier molecular flexibility index (Phi) is 6.42. The van der Waals surface area contributed by atoms with Crippen molar-refractivity contribution in [3.63, 3.8) is 0 Å². The van der Waals surface area contributed by atoms with Gasteiger partial charge in [-0.15, -0.1) is 0 Å². The van der Waals surface area contributed by atoms with E-state index in [9.17, 15) is 4.79 Å². The van der Waals surface area contributed by atoms with Crippen molar-refractivity contribution in [3.8, 4) is 5.75 Å². The van der Waals surface area contributed by atoms with E-state index in [0.717, 1.165) is 18.7 Å². The van der Waals surface area contributed by atoms with Crippen LogP contribution in [0.25, 0.3) is 0 Å². The summed E-state index contributed by atoms with van der Waals surface area (Å²) in [6.45, 7) is 8.82. The molecule has 21 heavy (non-hydrogen) atoms. The highest BCUT2D eigenvalue weighted by atomic mass is 16.6. The van der Waals surface area contributed by atoms with Crippen molar-refractivity contribution in [2.24, 2.45) is 0 Å². The third kappa shape index (κ3) is 8.14. The molecular formula is C15H25N3O3. The predicted molar refractivity (Wildman–Crippen MR) is 81.1 cm³/mol. The number of rotatable bonds is 6. The van der Waals surface area contributed by atoms with Gasteiger partial charge in [-0.1, -0.05) is 0 Å².